The minimum Gasteiger partial charge on any atom is -0.252 e. The maximum absolute atomic E-state index is 5.92. The number of hydrogen-bond donors (Lipinski definition) is 0. The highest BCUT2D eigenvalue weighted by Gasteiger charge is 2.03. The molecule has 88 valence electrons. The average Bonchev–Trinajstić information content (AvgIpc) is 2.39. The van der Waals surface area contributed by atoms with Crippen molar-refractivity contribution in [2.45, 2.75) is 0 Å². The van der Waals surface area contributed by atoms with E-state index in [1.54, 1.807) is 6.20 Å². The van der Waals surface area contributed by atoms with E-state index in [0.29, 0.717) is 5.02 Å². The van der Waals surface area contributed by atoms with Crippen molar-refractivity contribution in [1.82, 2.24) is 9.97 Å². The first-order chi connectivity index (χ1) is 8.72. The van der Waals surface area contributed by atoms with E-state index in [0.717, 1.165) is 26.8 Å². The molecule has 2 nitrogen and oxygen atoms in total. The Labute approximate surface area is 118 Å². The molecule has 1 heterocycles. The van der Waals surface area contributed by atoms with Crippen LogP contribution in [0.1, 0.15) is 0 Å². The summed E-state index contributed by atoms with van der Waals surface area (Å²) < 4.78 is 1.05. The number of hydrogen-bond acceptors (Lipinski definition) is 2. The van der Waals surface area contributed by atoms with E-state index in [-0.39, 0.29) is 0 Å². The maximum atomic E-state index is 5.92. The highest BCUT2D eigenvalue weighted by Crippen LogP contribution is 2.22. The molecule has 0 unspecified atom stereocenters. The van der Waals surface area contributed by atoms with Crippen molar-refractivity contribution < 1.29 is 0 Å². The van der Waals surface area contributed by atoms with E-state index in [1.807, 2.05) is 42.5 Å². The Balaban J connectivity index is 2.13. The first kappa shape index (κ1) is 11.6. The highest BCUT2D eigenvalue weighted by molar-refractivity contribution is 9.10. The lowest BCUT2D eigenvalue weighted by atomic mass is 10.1. The zero-order chi connectivity index (χ0) is 12.5. The minimum absolute atomic E-state index is 0.674. The van der Waals surface area contributed by atoms with Crippen LogP contribution in [0, 0.1) is 0 Å². The molecule has 0 radical (unpaired) electrons. The second-order valence-corrected chi connectivity index (χ2v) is 5.25. The van der Waals surface area contributed by atoms with Crippen LogP contribution in [0.25, 0.3) is 22.3 Å². The second-order valence-electron chi connectivity index (χ2n) is 3.90. The fraction of sp³-hybridized carbons (Fsp3) is 0. The van der Waals surface area contributed by atoms with Crippen LogP contribution in [0.3, 0.4) is 0 Å². The highest BCUT2D eigenvalue weighted by atomic mass is 79.9. The van der Waals surface area contributed by atoms with Gasteiger partial charge in [-0.1, -0.05) is 39.7 Å². The summed E-state index contributed by atoms with van der Waals surface area (Å²) in [6.07, 6.45) is 1.77. The van der Waals surface area contributed by atoms with Gasteiger partial charge < -0.3 is 0 Å². The summed E-state index contributed by atoms with van der Waals surface area (Å²) >= 11 is 9.33. The third-order valence-electron chi connectivity index (χ3n) is 2.64. The molecular weight excluding hydrogens is 312 g/mol. The Hall–Kier alpha value is -1.45. The topological polar surface area (TPSA) is 25.8 Å². The van der Waals surface area contributed by atoms with Crippen LogP contribution in [-0.4, -0.2) is 9.97 Å². The third kappa shape index (κ3) is 2.24. The molecule has 1 aromatic heterocycles. The molecule has 0 aliphatic heterocycles. The fourth-order valence-electron chi connectivity index (χ4n) is 1.74. The molecule has 0 N–H and O–H groups in total. The number of halogens is 2. The molecule has 0 amide bonds. The van der Waals surface area contributed by atoms with Gasteiger partial charge in [0.05, 0.1) is 22.9 Å². The summed E-state index contributed by atoms with van der Waals surface area (Å²) in [6, 6.07) is 13.5. The summed E-state index contributed by atoms with van der Waals surface area (Å²) in [5, 5.41) is 0.674. The van der Waals surface area contributed by atoms with Crippen molar-refractivity contribution in [3.8, 4) is 11.3 Å². The summed E-state index contributed by atoms with van der Waals surface area (Å²) in [5.41, 5.74) is 3.56. The Bertz CT molecular complexity index is 711. The molecule has 0 saturated heterocycles. The van der Waals surface area contributed by atoms with Crippen molar-refractivity contribution in [1.29, 1.82) is 0 Å². The average molecular weight is 320 g/mol. The van der Waals surface area contributed by atoms with Crippen molar-refractivity contribution in [3.05, 3.63) is 58.2 Å². The summed E-state index contributed by atoms with van der Waals surface area (Å²) in [7, 11) is 0. The number of aromatic nitrogens is 2. The smallest absolute Gasteiger partial charge is 0.0902 e. The standard InChI is InChI=1S/C14H8BrClN2/c15-10-3-1-9(2-4-10)14-8-17-13-7-11(16)5-6-12(13)18-14/h1-8H. The van der Waals surface area contributed by atoms with E-state index >= 15 is 0 Å². The Morgan fingerprint density at radius 3 is 2.50 bits per heavy atom. The van der Waals surface area contributed by atoms with Gasteiger partial charge >= 0.3 is 0 Å². The van der Waals surface area contributed by atoms with Gasteiger partial charge in [0.2, 0.25) is 0 Å². The van der Waals surface area contributed by atoms with Crippen LogP contribution in [0.5, 0.6) is 0 Å². The summed E-state index contributed by atoms with van der Waals surface area (Å²) in [6.45, 7) is 0. The Morgan fingerprint density at radius 1 is 0.944 bits per heavy atom. The van der Waals surface area contributed by atoms with Gasteiger partial charge in [0.15, 0.2) is 0 Å². The number of rotatable bonds is 1. The molecule has 18 heavy (non-hydrogen) atoms. The lowest BCUT2D eigenvalue weighted by Crippen LogP contribution is -1.88. The summed E-state index contributed by atoms with van der Waals surface area (Å²) in [4.78, 5) is 8.96. The number of nitrogens with zero attached hydrogens (tertiary/aromatic N) is 2. The number of fused-ring (bicyclic) bond motifs is 1. The molecule has 0 aliphatic rings. The molecule has 2 aromatic carbocycles. The molecule has 0 aliphatic carbocycles. The predicted molar refractivity (Wildman–Crippen MR) is 77.7 cm³/mol. The molecule has 3 rings (SSSR count). The van der Waals surface area contributed by atoms with Gasteiger partial charge in [-0.25, -0.2) is 4.98 Å². The lowest BCUT2D eigenvalue weighted by Gasteiger charge is -2.03. The van der Waals surface area contributed by atoms with E-state index < -0.39 is 0 Å². The van der Waals surface area contributed by atoms with Gasteiger partial charge in [0, 0.05) is 15.1 Å². The minimum atomic E-state index is 0.674. The van der Waals surface area contributed by atoms with Gasteiger partial charge in [0.25, 0.3) is 0 Å². The van der Waals surface area contributed by atoms with Gasteiger partial charge in [0.1, 0.15) is 0 Å². The van der Waals surface area contributed by atoms with Gasteiger partial charge in [-0.3, -0.25) is 4.98 Å². The molecule has 0 spiro atoms. The molecule has 3 aromatic rings. The predicted octanol–water partition coefficient (Wildman–Crippen LogP) is 4.71. The van der Waals surface area contributed by atoms with Crippen LogP contribution in [0.2, 0.25) is 5.02 Å². The first-order valence-corrected chi connectivity index (χ1v) is 6.58. The molecule has 0 fully saturated rings. The van der Waals surface area contributed by atoms with Gasteiger partial charge in [-0.15, -0.1) is 0 Å². The van der Waals surface area contributed by atoms with Crippen molar-refractivity contribution >= 4 is 38.6 Å². The van der Waals surface area contributed by atoms with E-state index in [9.17, 15) is 0 Å². The van der Waals surface area contributed by atoms with E-state index in [1.165, 1.54) is 0 Å². The van der Waals surface area contributed by atoms with E-state index in [4.69, 9.17) is 11.6 Å². The van der Waals surface area contributed by atoms with Crippen LogP contribution in [0.4, 0.5) is 0 Å². The van der Waals surface area contributed by atoms with Crippen molar-refractivity contribution in [2.75, 3.05) is 0 Å². The van der Waals surface area contributed by atoms with Gasteiger partial charge in [-0.2, -0.15) is 0 Å². The molecule has 0 atom stereocenters. The zero-order valence-electron chi connectivity index (χ0n) is 9.27. The largest absolute Gasteiger partial charge is 0.252 e. The lowest BCUT2D eigenvalue weighted by molar-refractivity contribution is 1.29. The molecule has 4 heteroatoms. The normalized spacial score (nSPS) is 10.8. The number of benzene rings is 2. The SMILES string of the molecule is Clc1ccc2nc(-c3ccc(Br)cc3)cnc2c1. The van der Waals surface area contributed by atoms with Crippen LogP contribution in [0.15, 0.2) is 53.1 Å². The second kappa shape index (κ2) is 4.67. The quantitative estimate of drug-likeness (QED) is 0.649. The fourth-order valence-corrected chi connectivity index (χ4v) is 2.17. The van der Waals surface area contributed by atoms with Crippen molar-refractivity contribution in [2.24, 2.45) is 0 Å². The van der Waals surface area contributed by atoms with E-state index in [2.05, 4.69) is 25.9 Å². The van der Waals surface area contributed by atoms with Crippen LogP contribution < -0.4 is 0 Å². The first-order valence-electron chi connectivity index (χ1n) is 5.41. The summed E-state index contributed by atoms with van der Waals surface area (Å²) in [5.74, 6) is 0. The molecule has 0 bridgehead atoms. The monoisotopic (exact) mass is 318 g/mol. The van der Waals surface area contributed by atoms with Gasteiger partial charge in [-0.05, 0) is 30.3 Å². The third-order valence-corrected chi connectivity index (χ3v) is 3.41. The van der Waals surface area contributed by atoms with Crippen LogP contribution >= 0.6 is 27.5 Å². The molecule has 0 saturated carbocycles. The molecular formula is C14H8BrClN2. The maximum Gasteiger partial charge on any atom is 0.0902 e. The Morgan fingerprint density at radius 2 is 1.72 bits per heavy atom. The van der Waals surface area contributed by atoms with Crippen LogP contribution in [-0.2, 0) is 0 Å². The zero-order valence-corrected chi connectivity index (χ0v) is 11.6. The Kier molecular flexibility index (Phi) is 3.02. The van der Waals surface area contributed by atoms with Crippen molar-refractivity contribution in [3.63, 3.8) is 0 Å².